The molecule has 7 nitrogen and oxygen atoms in total. The van der Waals surface area contributed by atoms with E-state index in [1.165, 1.54) is 12.1 Å². The van der Waals surface area contributed by atoms with Crippen LogP contribution < -0.4 is 16.3 Å². The van der Waals surface area contributed by atoms with Gasteiger partial charge in [0.15, 0.2) is 0 Å². The Balaban J connectivity index is 2.62. The average molecular weight is 276 g/mol. The number of nitrogens with zero attached hydrogens (tertiary/aromatic N) is 3. The standard InChI is InChI=1S/C13H16N4O3/c1-2-3-6-16-8-15-11-5-4-9(17(19)20)7-10(11)12(16)13(14)18/h4-5,7H,2-3,6,8H2,1H3,(H2,14,18). The van der Waals surface area contributed by atoms with Crippen molar-refractivity contribution in [3.8, 4) is 0 Å². The molecule has 0 radical (unpaired) electrons. The highest BCUT2D eigenvalue weighted by Crippen LogP contribution is 2.10. The van der Waals surface area contributed by atoms with Gasteiger partial charge in [-0.05, 0) is 12.5 Å². The number of rotatable bonds is 5. The lowest BCUT2D eigenvalue weighted by Crippen LogP contribution is -2.45. The molecule has 7 heteroatoms. The molecule has 0 atom stereocenters. The number of fused-ring (bicyclic) bond motifs is 1. The number of carbonyl (C=O) groups is 1. The summed E-state index contributed by atoms with van der Waals surface area (Å²) in [6.45, 7) is 3.05. The summed E-state index contributed by atoms with van der Waals surface area (Å²) in [7, 11) is 0. The molecule has 1 aliphatic heterocycles. The van der Waals surface area contributed by atoms with E-state index in [0.29, 0.717) is 29.5 Å². The SMILES string of the molecule is CCCCN1CN=c2ccc([N+](=O)[O-])cc2=C1C(N)=O. The smallest absolute Gasteiger partial charge is 0.270 e. The van der Waals surface area contributed by atoms with E-state index in [-0.39, 0.29) is 5.69 Å². The van der Waals surface area contributed by atoms with E-state index in [1.54, 1.807) is 11.0 Å². The summed E-state index contributed by atoms with van der Waals surface area (Å²) in [6.07, 6.45) is 1.88. The number of non-ortho nitro benzene ring substituents is 1. The molecule has 0 aliphatic carbocycles. The third-order valence-corrected chi connectivity index (χ3v) is 3.19. The Labute approximate surface area is 115 Å². The fraction of sp³-hybridized carbons (Fsp3) is 0.385. The van der Waals surface area contributed by atoms with Gasteiger partial charge in [0, 0.05) is 23.9 Å². The molecule has 2 rings (SSSR count). The molecule has 0 aromatic heterocycles. The highest BCUT2D eigenvalue weighted by molar-refractivity contribution is 6.11. The number of nitrogens with two attached hydrogens (primary N) is 1. The first-order valence-corrected chi connectivity index (χ1v) is 6.42. The fourth-order valence-electron chi connectivity index (χ4n) is 2.19. The van der Waals surface area contributed by atoms with Crippen LogP contribution in [0, 0.1) is 10.1 Å². The van der Waals surface area contributed by atoms with E-state index in [4.69, 9.17) is 5.73 Å². The summed E-state index contributed by atoms with van der Waals surface area (Å²) in [6, 6.07) is 4.28. The van der Waals surface area contributed by atoms with Crippen molar-refractivity contribution in [2.24, 2.45) is 10.7 Å². The quantitative estimate of drug-likeness (QED) is 0.598. The van der Waals surface area contributed by atoms with E-state index >= 15 is 0 Å². The summed E-state index contributed by atoms with van der Waals surface area (Å²) in [4.78, 5) is 28.2. The maximum Gasteiger partial charge on any atom is 0.270 e. The lowest BCUT2D eigenvalue weighted by Gasteiger charge is -2.26. The molecule has 1 aromatic rings. The number of carbonyl (C=O) groups excluding carboxylic acids is 1. The van der Waals surface area contributed by atoms with Crippen molar-refractivity contribution in [3.05, 3.63) is 38.9 Å². The molecule has 1 aromatic carbocycles. The van der Waals surface area contributed by atoms with Crippen LogP contribution in [0.5, 0.6) is 0 Å². The molecule has 0 saturated carbocycles. The Hall–Kier alpha value is -2.44. The van der Waals surface area contributed by atoms with Crippen LogP contribution in [0.3, 0.4) is 0 Å². The fourth-order valence-corrected chi connectivity index (χ4v) is 2.19. The molecule has 20 heavy (non-hydrogen) atoms. The van der Waals surface area contributed by atoms with Crippen LogP contribution in [0.2, 0.25) is 0 Å². The van der Waals surface area contributed by atoms with Gasteiger partial charge in [0.1, 0.15) is 12.4 Å². The molecule has 0 unspecified atom stereocenters. The zero-order valence-corrected chi connectivity index (χ0v) is 11.2. The van der Waals surface area contributed by atoms with Gasteiger partial charge in [0.05, 0.1) is 10.3 Å². The Bertz CT molecular complexity index is 669. The summed E-state index contributed by atoms with van der Waals surface area (Å²) >= 11 is 0. The number of primary amides is 1. The first-order valence-electron chi connectivity index (χ1n) is 6.42. The summed E-state index contributed by atoms with van der Waals surface area (Å²) in [5.74, 6) is -0.585. The van der Waals surface area contributed by atoms with Gasteiger partial charge in [-0.2, -0.15) is 0 Å². The topological polar surface area (TPSA) is 102 Å². The van der Waals surface area contributed by atoms with Gasteiger partial charge in [-0.25, -0.2) is 0 Å². The lowest BCUT2D eigenvalue weighted by atomic mass is 10.1. The highest BCUT2D eigenvalue weighted by Gasteiger charge is 2.20. The zero-order valence-electron chi connectivity index (χ0n) is 11.2. The maximum absolute atomic E-state index is 11.7. The summed E-state index contributed by atoms with van der Waals surface area (Å²) in [5.41, 5.74) is 5.68. The van der Waals surface area contributed by atoms with E-state index < -0.39 is 10.8 Å². The van der Waals surface area contributed by atoms with E-state index in [2.05, 4.69) is 4.99 Å². The normalized spacial score (nSPS) is 13.7. The third kappa shape index (κ3) is 2.61. The number of unbranched alkanes of at least 4 members (excludes halogenated alkanes) is 1. The zero-order chi connectivity index (χ0) is 14.7. The van der Waals surface area contributed by atoms with Crippen molar-refractivity contribution >= 4 is 17.3 Å². The lowest BCUT2D eigenvalue weighted by molar-refractivity contribution is -0.385. The van der Waals surface area contributed by atoms with Gasteiger partial charge in [-0.3, -0.25) is 19.9 Å². The highest BCUT2D eigenvalue weighted by atomic mass is 16.6. The molecule has 1 aliphatic rings. The predicted molar refractivity (Wildman–Crippen MR) is 73.0 cm³/mol. The first kappa shape index (κ1) is 14.0. The Kier molecular flexibility index (Phi) is 3.97. The number of benzene rings is 1. The molecule has 106 valence electrons. The van der Waals surface area contributed by atoms with Gasteiger partial charge in [-0.1, -0.05) is 13.3 Å². The Morgan fingerprint density at radius 1 is 1.55 bits per heavy atom. The monoisotopic (exact) mass is 276 g/mol. The Morgan fingerprint density at radius 3 is 2.90 bits per heavy atom. The van der Waals surface area contributed by atoms with Crippen molar-refractivity contribution in [2.45, 2.75) is 19.8 Å². The van der Waals surface area contributed by atoms with Gasteiger partial charge in [-0.15, -0.1) is 0 Å². The number of amides is 1. The number of hydrogen-bond acceptors (Lipinski definition) is 5. The number of nitro groups is 1. The average Bonchev–Trinajstić information content (AvgIpc) is 2.43. The van der Waals surface area contributed by atoms with Crippen molar-refractivity contribution in [3.63, 3.8) is 0 Å². The van der Waals surface area contributed by atoms with E-state index in [9.17, 15) is 14.9 Å². The van der Waals surface area contributed by atoms with E-state index in [0.717, 1.165) is 12.8 Å². The minimum absolute atomic E-state index is 0.0740. The third-order valence-electron chi connectivity index (χ3n) is 3.19. The molecule has 2 N–H and O–H groups in total. The second-order valence-electron chi connectivity index (χ2n) is 4.59. The molecular weight excluding hydrogens is 260 g/mol. The minimum atomic E-state index is -0.585. The predicted octanol–water partition coefficient (Wildman–Crippen LogP) is -0.119. The molecule has 1 heterocycles. The van der Waals surface area contributed by atoms with Gasteiger partial charge in [0.2, 0.25) is 0 Å². The largest absolute Gasteiger partial charge is 0.364 e. The Morgan fingerprint density at radius 2 is 2.30 bits per heavy atom. The summed E-state index contributed by atoms with van der Waals surface area (Å²) < 4.78 is 0. The summed E-state index contributed by atoms with van der Waals surface area (Å²) in [5, 5.41) is 11.9. The second kappa shape index (κ2) is 5.68. The van der Waals surface area contributed by atoms with Crippen molar-refractivity contribution in [2.75, 3.05) is 13.2 Å². The maximum atomic E-state index is 11.7. The van der Waals surface area contributed by atoms with Gasteiger partial charge in [0.25, 0.3) is 11.6 Å². The van der Waals surface area contributed by atoms with Crippen molar-refractivity contribution in [1.82, 2.24) is 4.90 Å². The molecule has 0 spiro atoms. The minimum Gasteiger partial charge on any atom is -0.364 e. The van der Waals surface area contributed by atoms with Crippen LogP contribution in [-0.2, 0) is 4.79 Å². The van der Waals surface area contributed by atoms with Crippen LogP contribution >= 0.6 is 0 Å². The van der Waals surface area contributed by atoms with Gasteiger partial charge >= 0.3 is 0 Å². The van der Waals surface area contributed by atoms with Crippen LogP contribution in [0.25, 0.3) is 5.70 Å². The van der Waals surface area contributed by atoms with Crippen molar-refractivity contribution in [1.29, 1.82) is 0 Å². The number of hydrogen-bond donors (Lipinski definition) is 1. The van der Waals surface area contributed by atoms with Crippen LogP contribution in [-0.4, -0.2) is 28.9 Å². The van der Waals surface area contributed by atoms with Crippen molar-refractivity contribution < 1.29 is 9.72 Å². The molecule has 0 bridgehead atoms. The second-order valence-corrected chi connectivity index (χ2v) is 4.59. The molecular formula is C13H16N4O3. The van der Waals surface area contributed by atoms with Crippen LogP contribution in [0.15, 0.2) is 23.2 Å². The molecule has 0 saturated heterocycles. The van der Waals surface area contributed by atoms with E-state index in [1.807, 2.05) is 6.92 Å². The van der Waals surface area contributed by atoms with Crippen LogP contribution in [0.1, 0.15) is 19.8 Å². The van der Waals surface area contributed by atoms with Crippen LogP contribution in [0.4, 0.5) is 5.69 Å². The number of nitro benzene ring substituents is 1. The molecule has 0 fully saturated rings. The first-order chi connectivity index (χ1) is 9.54. The van der Waals surface area contributed by atoms with Gasteiger partial charge < -0.3 is 10.6 Å². The molecule has 1 amide bonds.